The largest absolute Gasteiger partial charge is 0.428 e. The maximum Gasteiger partial charge on any atom is 0.326 e. The molecule has 1 unspecified atom stereocenters. The van der Waals surface area contributed by atoms with Gasteiger partial charge in [0, 0.05) is 17.6 Å². The summed E-state index contributed by atoms with van der Waals surface area (Å²) in [5, 5.41) is 37.9. The number of pyridine rings is 1. The first-order valence-corrected chi connectivity index (χ1v) is 16.1. The molecule has 1 saturated carbocycles. The van der Waals surface area contributed by atoms with E-state index in [-0.39, 0.29) is 35.6 Å². The van der Waals surface area contributed by atoms with Crippen LogP contribution in [0, 0.1) is 17.2 Å². The molecule has 0 bridgehead atoms. The van der Waals surface area contributed by atoms with Crippen LogP contribution in [0.5, 0.6) is 0 Å². The number of nitrogens with one attached hydrogen (secondary N) is 2. The second-order valence-corrected chi connectivity index (χ2v) is 12.7. The number of anilines is 1. The number of hydrogen-bond donors (Lipinski definition) is 4. The van der Waals surface area contributed by atoms with Crippen molar-refractivity contribution in [2.75, 3.05) is 25.1 Å². The number of hydrogen-bond acceptors (Lipinski definition) is 12. The Labute approximate surface area is 254 Å². The van der Waals surface area contributed by atoms with Gasteiger partial charge in [0.05, 0.1) is 18.2 Å². The van der Waals surface area contributed by atoms with Crippen LogP contribution in [0.2, 0.25) is 5.15 Å². The topological polar surface area (TPSA) is 194 Å². The Morgan fingerprint density at radius 3 is 2.60 bits per heavy atom. The van der Waals surface area contributed by atoms with E-state index < -0.39 is 57.3 Å². The number of ether oxygens (including phenoxy) is 4. The number of halogens is 1. The van der Waals surface area contributed by atoms with Crippen molar-refractivity contribution >= 4 is 48.2 Å². The Balaban J connectivity index is 1.33. The molecular weight excluding hydrogens is 605 g/mol. The highest BCUT2D eigenvalue weighted by atomic mass is 35.5. The minimum Gasteiger partial charge on any atom is -0.428 e. The van der Waals surface area contributed by atoms with Crippen molar-refractivity contribution in [2.24, 2.45) is 5.92 Å². The number of esters is 2. The van der Waals surface area contributed by atoms with Gasteiger partial charge < -0.3 is 43.6 Å². The van der Waals surface area contributed by atoms with E-state index in [2.05, 4.69) is 21.5 Å². The smallest absolute Gasteiger partial charge is 0.326 e. The number of rotatable bonds is 13. The number of aliphatic hydroxyl groups is 2. The van der Waals surface area contributed by atoms with Crippen molar-refractivity contribution < 1.29 is 43.3 Å². The first-order valence-electron chi connectivity index (χ1n) is 14.1. The molecule has 6 atom stereocenters. The molecule has 4 N–H and O–H groups in total. The molecule has 2 aliphatic rings. The molecule has 4 rings (SSSR count). The lowest BCUT2D eigenvalue weighted by Crippen LogP contribution is -2.34. The van der Waals surface area contributed by atoms with Crippen LogP contribution >= 0.6 is 19.6 Å². The van der Waals surface area contributed by atoms with E-state index in [4.69, 9.17) is 30.5 Å². The first-order chi connectivity index (χ1) is 20.5. The van der Waals surface area contributed by atoms with Crippen molar-refractivity contribution in [3.05, 3.63) is 23.0 Å². The lowest BCUT2D eigenvalue weighted by atomic mass is 10.1. The third kappa shape index (κ3) is 7.85. The molecule has 0 amide bonds. The number of carbonyl (C=O) groups is 2. The van der Waals surface area contributed by atoms with Gasteiger partial charge in [0.1, 0.15) is 48.0 Å². The van der Waals surface area contributed by atoms with Crippen LogP contribution in [0.1, 0.15) is 58.2 Å². The molecule has 0 radical (unpaired) electrons. The molecule has 1 aliphatic carbocycles. The lowest BCUT2D eigenvalue weighted by molar-refractivity contribution is -0.170. The standard InChI is InChI=1S/C27H37ClN5O9P/c1-14(2)26(36)40-12-41-27(37)15(3)32-43(38)13-39-11-19-21(34)22(35)25(42-19)33-9-8-17-20(30-16-6-4-5-7-16)18(10-29)23(28)31-24(17)33/h8-9,14-16,19,21-22,25,34-35,43H,4-7,11-13H2,1-3H3,(H,30,31)(H,32,38)/t15-,19+,21+,22+,25+/m0/s1. The molecule has 0 aromatic carbocycles. The van der Waals surface area contributed by atoms with Gasteiger partial charge in [-0.05, 0) is 25.8 Å². The molecule has 236 valence electrons. The van der Waals surface area contributed by atoms with Gasteiger partial charge in [0.2, 0.25) is 6.79 Å². The Kier molecular flexibility index (Phi) is 11.4. The number of aromatic nitrogens is 2. The Hall–Kier alpha value is -2.76. The molecule has 2 aromatic rings. The third-order valence-electron chi connectivity index (χ3n) is 7.36. The minimum atomic E-state index is -2.61. The summed E-state index contributed by atoms with van der Waals surface area (Å²) in [5.74, 6) is -1.64. The highest BCUT2D eigenvalue weighted by Gasteiger charge is 2.44. The molecular formula is C27H37ClN5O9P. The number of carbonyl (C=O) groups excluding carboxylic acids is 2. The SMILES string of the molecule is CC(C)C(=O)OCOC(=O)[C@H](C)N[PH](=O)COC[C@H]1O[C@@H](n2ccc3c(NC4CCCC4)c(C#N)c(Cl)nc32)[C@H](O)[C@@H]1O. The number of aliphatic hydroxyl groups excluding tert-OH is 2. The third-order valence-corrected chi connectivity index (χ3v) is 8.86. The maximum absolute atomic E-state index is 12.4. The average Bonchev–Trinajstić information content (AvgIpc) is 3.69. The van der Waals surface area contributed by atoms with Crippen molar-refractivity contribution in [3.8, 4) is 6.07 Å². The van der Waals surface area contributed by atoms with Crippen LogP contribution in [0.4, 0.5) is 5.69 Å². The molecule has 2 aromatic heterocycles. The number of nitrogens with zero attached hydrogens (tertiary/aromatic N) is 3. The van der Waals surface area contributed by atoms with Gasteiger partial charge in [0.15, 0.2) is 19.3 Å². The minimum absolute atomic E-state index is 0.00988. The van der Waals surface area contributed by atoms with E-state index in [0.29, 0.717) is 16.7 Å². The summed E-state index contributed by atoms with van der Waals surface area (Å²) in [6, 6.07) is 3.13. The zero-order valence-corrected chi connectivity index (χ0v) is 25.9. The molecule has 14 nitrogen and oxygen atoms in total. The fraction of sp³-hybridized carbons (Fsp3) is 0.630. The van der Waals surface area contributed by atoms with E-state index >= 15 is 0 Å². The summed E-state index contributed by atoms with van der Waals surface area (Å²) in [5.41, 5.74) is 1.18. The van der Waals surface area contributed by atoms with Gasteiger partial charge in [0.25, 0.3) is 0 Å². The van der Waals surface area contributed by atoms with E-state index in [1.807, 2.05) is 0 Å². The van der Waals surface area contributed by atoms with Crippen LogP contribution in [0.25, 0.3) is 11.0 Å². The Bertz CT molecular complexity index is 1380. The highest BCUT2D eigenvalue weighted by Crippen LogP contribution is 2.38. The Morgan fingerprint density at radius 1 is 1.23 bits per heavy atom. The molecule has 3 heterocycles. The Morgan fingerprint density at radius 2 is 1.93 bits per heavy atom. The summed E-state index contributed by atoms with van der Waals surface area (Å²) < 4.78 is 35.0. The van der Waals surface area contributed by atoms with Gasteiger partial charge in [-0.15, -0.1) is 0 Å². The van der Waals surface area contributed by atoms with Gasteiger partial charge in [-0.25, -0.2) is 4.98 Å². The molecule has 16 heteroatoms. The van der Waals surface area contributed by atoms with Crippen LogP contribution in [-0.4, -0.2) is 81.8 Å². The molecule has 1 aliphatic heterocycles. The zero-order chi connectivity index (χ0) is 31.3. The van der Waals surface area contributed by atoms with Crippen LogP contribution in [0.3, 0.4) is 0 Å². The lowest BCUT2D eigenvalue weighted by Gasteiger charge is -2.19. The van der Waals surface area contributed by atoms with E-state index in [1.165, 1.54) is 6.92 Å². The van der Waals surface area contributed by atoms with Crippen LogP contribution in [0.15, 0.2) is 12.3 Å². The fourth-order valence-corrected chi connectivity index (χ4v) is 6.22. The predicted molar refractivity (Wildman–Crippen MR) is 156 cm³/mol. The predicted octanol–water partition coefficient (Wildman–Crippen LogP) is 2.66. The summed E-state index contributed by atoms with van der Waals surface area (Å²) >= 11 is 6.38. The second-order valence-electron chi connectivity index (χ2n) is 10.9. The summed E-state index contributed by atoms with van der Waals surface area (Å²) in [6.45, 7) is 3.98. The van der Waals surface area contributed by atoms with E-state index in [0.717, 1.165) is 25.7 Å². The summed E-state index contributed by atoms with van der Waals surface area (Å²) in [6.07, 6.45) is 0.838. The van der Waals surface area contributed by atoms with Crippen LogP contribution in [-0.2, 0) is 33.1 Å². The van der Waals surface area contributed by atoms with Crippen molar-refractivity contribution in [2.45, 2.75) is 83.1 Å². The highest BCUT2D eigenvalue weighted by molar-refractivity contribution is 7.42. The van der Waals surface area contributed by atoms with Crippen molar-refractivity contribution in [1.82, 2.24) is 14.6 Å². The summed E-state index contributed by atoms with van der Waals surface area (Å²) in [4.78, 5) is 27.9. The quantitative estimate of drug-likeness (QED) is 0.108. The fourth-order valence-electron chi connectivity index (χ4n) is 5.01. The summed E-state index contributed by atoms with van der Waals surface area (Å²) in [7, 11) is -2.61. The van der Waals surface area contributed by atoms with Gasteiger partial charge >= 0.3 is 11.9 Å². The molecule has 43 heavy (non-hydrogen) atoms. The average molecular weight is 642 g/mol. The molecule has 1 saturated heterocycles. The van der Waals surface area contributed by atoms with Gasteiger partial charge in [-0.1, -0.05) is 38.3 Å². The molecule has 0 spiro atoms. The normalized spacial score (nSPS) is 23.8. The molecule has 2 fully saturated rings. The number of fused-ring (bicyclic) bond motifs is 1. The zero-order valence-electron chi connectivity index (χ0n) is 24.1. The van der Waals surface area contributed by atoms with E-state index in [1.54, 1.807) is 30.7 Å². The van der Waals surface area contributed by atoms with E-state index in [9.17, 15) is 29.6 Å². The maximum atomic E-state index is 12.4. The number of nitriles is 1. The van der Waals surface area contributed by atoms with Crippen molar-refractivity contribution in [1.29, 1.82) is 5.26 Å². The van der Waals surface area contributed by atoms with Gasteiger partial charge in [-0.3, -0.25) is 14.7 Å². The van der Waals surface area contributed by atoms with Crippen molar-refractivity contribution in [3.63, 3.8) is 0 Å². The second kappa shape index (κ2) is 14.8. The van der Waals surface area contributed by atoms with Crippen LogP contribution < -0.4 is 10.4 Å². The van der Waals surface area contributed by atoms with Gasteiger partial charge in [-0.2, -0.15) is 5.26 Å². The first kappa shape index (κ1) is 33.1. The monoisotopic (exact) mass is 641 g/mol.